The molecule has 1 aromatic heterocycles. The van der Waals surface area contributed by atoms with Crippen LogP contribution in [-0.4, -0.2) is 47.8 Å². The van der Waals surface area contributed by atoms with Gasteiger partial charge < -0.3 is 18.8 Å². The molecule has 1 aliphatic rings. The molecule has 1 amide bonds. The number of halogens is 3. The third kappa shape index (κ3) is 5.27. The Labute approximate surface area is 188 Å². The van der Waals surface area contributed by atoms with E-state index < -0.39 is 11.7 Å². The average molecular weight is 461 g/mol. The standard InChI is InChI=1S/C23H22F3N3O4/c1-31-18-6-2-3-7-19(18)32-14-20(30)29-12-4-5-16(13-29)22-28-27-21(33-22)15-8-10-17(11-9-15)23(24,25)26/h2-3,6-11,16H,4-5,12-14H2,1H3. The highest BCUT2D eigenvalue weighted by Gasteiger charge is 2.31. The second-order valence-corrected chi connectivity index (χ2v) is 7.64. The molecule has 10 heteroatoms. The molecule has 0 spiro atoms. The molecule has 2 heterocycles. The number of nitrogens with zero attached hydrogens (tertiary/aromatic N) is 3. The van der Waals surface area contributed by atoms with Crippen molar-refractivity contribution in [2.75, 3.05) is 26.8 Å². The molecule has 0 aliphatic carbocycles. The Hall–Kier alpha value is -3.56. The highest BCUT2D eigenvalue weighted by atomic mass is 19.4. The first-order valence-corrected chi connectivity index (χ1v) is 10.4. The lowest BCUT2D eigenvalue weighted by molar-refractivity contribution is -0.137. The summed E-state index contributed by atoms with van der Waals surface area (Å²) in [7, 11) is 1.53. The van der Waals surface area contributed by atoms with Crippen LogP contribution in [0.2, 0.25) is 0 Å². The molecule has 7 nitrogen and oxygen atoms in total. The predicted molar refractivity (Wildman–Crippen MR) is 112 cm³/mol. The van der Waals surface area contributed by atoms with Gasteiger partial charge in [0.15, 0.2) is 18.1 Å². The van der Waals surface area contributed by atoms with Gasteiger partial charge >= 0.3 is 6.18 Å². The van der Waals surface area contributed by atoms with E-state index in [0.29, 0.717) is 36.0 Å². The van der Waals surface area contributed by atoms with Crippen molar-refractivity contribution in [3.05, 3.63) is 60.0 Å². The number of aromatic nitrogens is 2. The number of methoxy groups -OCH3 is 1. The van der Waals surface area contributed by atoms with Gasteiger partial charge in [0, 0.05) is 18.7 Å². The molecule has 4 rings (SSSR count). The molecule has 0 bridgehead atoms. The van der Waals surface area contributed by atoms with E-state index in [1.54, 1.807) is 23.1 Å². The number of para-hydroxylation sites is 2. The van der Waals surface area contributed by atoms with Gasteiger partial charge in [-0.2, -0.15) is 13.2 Å². The number of benzene rings is 2. The zero-order chi connectivity index (χ0) is 23.4. The van der Waals surface area contributed by atoms with Gasteiger partial charge in [-0.1, -0.05) is 12.1 Å². The van der Waals surface area contributed by atoms with Gasteiger partial charge in [-0.05, 0) is 49.2 Å². The molecule has 1 atom stereocenters. The minimum absolute atomic E-state index is 0.131. The number of ether oxygens (including phenoxy) is 2. The van der Waals surface area contributed by atoms with E-state index in [0.717, 1.165) is 25.0 Å². The van der Waals surface area contributed by atoms with Crippen LogP contribution in [0.5, 0.6) is 11.5 Å². The molecule has 174 valence electrons. The summed E-state index contributed by atoms with van der Waals surface area (Å²) < 4.78 is 54.9. The third-order valence-corrected chi connectivity index (χ3v) is 5.44. The summed E-state index contributed by atoms with van der Waals surface area (Å²) in [4.78, 5) is 14.4. The zero-order valence-electron chi connectivity index (χ0n) is 17.8. The number of hydrogen-bond acceptors (Lipinski definition) is 6. The summed E-state index contributed by atoms with van der Waals surface area (Å²) in [5.74, 6) is 1.19. The van der Waals surface area contributed by atoms with Crippen LogP contribution >= 0.6 is 0 Å². The normalized spacial score (nSPS) is 16.5. The van der Waals surface area contributed by atoms with Crippen molar-refractivity contribution >= 4 is 5.91 Å². The Kier molecular flexibility index (Phi) is 6.52. The lowest BCUT2D eigenvalue weighted by Crippen LogP contribution is -2.41. The monoisotopic (exact) mass is 461 g/mol. The fourth-order valence-electron chi connectivity index (χ4n) is 3.69. The first-order valence-electron chi connectivity index (χ1n) is 10.4. The number of carbonyl (C=O) groups is 1. The Morgan fingerprint density at radius 1 is 1.12 bits per heavy atom. The van der Waals surface area contributed by atoms with Gasteiger partial charge in [0.25, 0.3) is 5.91 Å². The maximum atomic E-state index is 12.8. The summed E-state index contributed by atoms with van der Waals surface area (Å²) in [5.41, 5.74) is -0.349. The largest absolute Gasteiger partial charge is 0.493 e. The topological polar surface area (TPSA) is 77.7 Å². The average Bonchev–Trinajstić information content (AvgIpc) is 3.33. The maximum absolute atomic E-state index is 12.8. The summed E-state index contributed by atoms with van der Waals surface area (Å²) >= 11 is 0. The molecular formula is C23H22F3N3O4. The van der Waals surface area contributed by atoms with Crippen molar-refractivity contribution < 1.29 is 31.9 Å². The van der Waals surface area contributed by atoms with Crippen molar-refractivity contribution in [2.24, 2.45) is 0 Å². The lowest BCUT2D eigenvalue weighted by atomic mass is 9.98. The molecule has 2 aromatic carbocycles. The molecule has 1 aliphatic heterocycles. The minimum Gasteiger partial charge on any atom is -0.493 e. The Balaban J connectivity index is 1.38. The first kappa shape index (κ1) is 22.6. The number of alkyl halides is 3. The zero-order valence-corrected chi connectivity index (χ0v) is 17.8. The van der Waals surface area contributed by atoms with Crippen LogP contribution in [0.4, 0.5) is 13.2 Å². The Morgan fingerprint density at radius 2 is 1.85 bits per heavy atom. The molecule has 0 radical (unpaired) electrons. The first-order chi connectivity index (χ1) is 15.8. The Morgan fingerprint density at radius 3 is 2.55 bits per heavy atom. The molecule has 1 fully saturated rings. The quantitative estimate of drug-likeness (QED) is 0.536. The van der Waals surface area contributed by atoms with Crippen LogP contribution < -0.4 is 9.47 Å². The Bertz CT molecular complexity index is 1100. The summed E-state index contributed by atoms with van der Waals surface area (Å²) in [5, 5.41) is 8.05. The maximum Gasteiger partial charge on any atom is 0.416 e. The van der Waals surface area contributed by atoms with Gasteiger partial charge in [-0.15, -0.1) is 10.2 Å². The number of carbonyl (C=O) groups excluding carboxylic acids is 1. The third-order valence-electron chi connectivity index (χ3n) is 5.44. The summed E-state index contributed by atoms with van der Waals surface area (Å²) in [6.07, 6.45) is -2.90. The molecule has 0 N–H and O–H groups in total. The van der Waals surface area contributed by atoms with Gasteiger partial charge in [-0.25, -0.2) is 0 Å². The van der Waals surface area contributed by atoms with E-state index in [4.69, 9.17) is 13.9 Å². The highest BCUT2D eigenvalue weighted by molar-refractivity contribution is 5.78. The number of likely N-dealkylation sites (tertiary alicyclic amines) is 1. The number of rotatable bonds is 6. The fourth-order valence-corrected chi connectivity index (χ4v) is 3.69. The number of amides is 1. The van der Waals surface area contributed by atoms with Gasteiger partial charge in [0.1, 0.15) is 0 Å². The van der Waals surface area contributed by atoms with Gasteiger partial charge in [0.2, 0.25) is 11.8 Å². The van der Waals surface area contributed by atoms with Crippen molar-refractivity contribution in [2.45, 2.75) is 24.9 Å². The van der Waals surface area contributed by atoms with E-state index in [1.807, 2.05) is 6.07 Å². The highest BCUT2D eigenvalue weighted by Crippen LogP contribution is 2.32. The molecule has 3 aromatic rings. The van der Waals surface area contributed by atoms with E-state index in [9.17, 15) is 18.0 Å². The molecule has 33 heavy (non-hydrogen) atoms. The fraction of sp³-hybridized carbons (Fsp3) is 0.348. The van der Waals surface area contributed by atoms with Crippen LogP contribution in [0.25, 0.3) is 11.5 Å². The second kappa shape index (κ2) is 9.51. The molecule has 0 saturated carbocycles. The molecule has 1 saturated heterocycles. The second-order valence-electron chi connectivity index (χ2n) is 7.64. The van der Waals surface area contributed by atoms with Crippen molar-refractivity contribution in [3.63, 3.8) is 0 Å². The van der Waals surface area contributed by atoms with Crippen LogP contribution in [0, 0.1) is 0 Å². The van der Waals surface area contributed by atoms with Crippen LogP contribution in [0.3, 0.4) is 0 Å². The SMILES string of the molecule is COc1ccccc1OCC(=O)N1CCCC(c2nnc(-c3ccc(C(F)(F)F)cc3)o2)C1. The van der Waals surface area contributed by atoms with E-state index >= 15 is 0 Å². The van der Waals surface area contributed by atoms with Crippen LogP contribution in [0.1, 0.15) is 30.2 Å². The predicted octanol–water partition coefficient (Wildman–Crippen LogP) is 4.55. The van der Waals surface area contributed by atoms with Gasteiger partial charge in [0.05, 0.1) is 18.6 Å². The molecular weight excluding hydrogens is 439 g/mol. The lowest BCUT2D eigenvalue weighted by Gasteiger charge is -2.31. The van der Waals surface area contributed by atoms with Crippen molar-refractivity contribution in [3.8, 4) is 23.0 Å². The number of piperidine rings is 1. The van der Waals surface area contributed by atoms with E-state index in [2.05, 4.69) is 10.2 Å². The van der Waals surface area contributed by atoms with Crippen molar-refractivity contribution in [1.82, 2.24) is 15.1 Å². The van der Waals surface area contributed by atoms with Gasteiger partial charge in [-0.3, -0.25) is 4.79 Å². The van der Waals surface area contributed by atoms with Crippen molar-refractivity contribution in [1.29, 1.82) is 0 Å². The van der Waals surface area contributed by atoms with E-state index in [-0.39, 0.29) is 24.3 Å². The van der Waals surface area contributed by atoms with Crippen LogP contribution in [-0.2, 0) is 11.0 Å². The van der Waals surface area contributed by atoms with E-state index in [1.165, 1.54) is 19.2 Å². The summed E-state index contributed by atoms with van der Waals surface area (Å²) in [6.45, 7) is 0.848. The smallest absolute Gasteiger partial charge is 0.416 e. The molecule has 1 unspecified atom stereocenters. The van der Waals surface area contributed by atoms with Crippen LogP contribution in [0.15, 0.2) is 52.9 Å². The summed E-state index contributed by atoms with van der Waals surface area (Å²) in [6, 6.07) is 11.6. The number of hydrogen-bond donors (Lipinski definition) is 0. The minimum atomic E-state index is -4.41.